The molecule has 5 nitrogen and oxygen atoms in total. The molecule has 0 aromatic carbocycles. The third kappa shape index (κ3) is 6.20. The standard InChI is InChI=1S/C16H29FN2O3/c1-15(2,3)7-6-13(20)18-8-10-19(11-9-18)14(21)22-16(4,5)12-17/h6-12H2,1-5H3. The first-order chi connectivity index (χ1) is 10.0. The Morgan fingerprint density at radius 2 is 1.50 bits per heavy atom. The van der Waals surface area contributed by atoms with E-state index in [-0.39, 0.29) is 11.3 Å². The molecule has 0 bridgehead atoms. The largest absolute Gasteiger partial charge is 0.441 e. The molecule has 2 amide bonds. The van der Waals surface area contributed by atoms with Gasteiger partial charge in [0.15, 0.2) is 0 Å². The molecule has 0 aromatic heterocycles. The monoisotopic (exact) mass is 316 g/mol. The van der Waals surface area contributed by atoms with Gasteiger partial charge in [-0.15, -0.1) is 0 Å². The number of carbonyl (C=O) groups is 2. The maximum Gasteiger partial charge on any atom is 0.410 e. The fourth-order valence-corrected chi connectivity index (χ4v) is 2.11. The van der Waals surface area contributed by atoms with Crippen LogP contribution < -0.4 is 0 Å². The van der Waals surface area contributed by atoms with Crippen molar-refractivity contribution in [1.82, 2.24) is 9.80 Å². The molecule has 6 heteroatoms. The van der Waals surface area contributed by atoms with Gasteiger partial charge in [-0.1, -0.05) is 20.8 Å². The van der Waals surface area contributed by atoms with Gasteiger partial charge in [0, 0.05) is 32.6 Å². The topological polar surface area (TPSA) is 49.9 Å². The molecule has 0 radical (unpaired) electrons. The van der Waals surface area contributed by atoms with Gasteiger partial charge in [0.05, 0.1) is 0 Å². The third-order valence-electron chi connectivity index (χ3n) is 3.66. The molecule has 0 aliphatic carbocycles. The number of hydrogen-bond acceptors (Lipinski definition) is 3. The predicted octanol–water partition coefficient (Wildman–Crippen LogP) is 2.84. The summed E-state index contributed by atoms with van der Waals surface area (Å²) in [6.07, 6.45) is 0.867. The van der Waals surface area contributed by atoms with Crippen LogP contribution in [0.4, 0.5) is 9.18 Å². The van der Waals surface area contributed by atoms with Gasteiger partial charge in [0.1, 0.15) is 12.3 Å². The number of carbonyl (C=O) groups excluding carboxylic acids is 2. The van der Waals surface area contributed by atoms with Crippen LogP contribution in [0.3, 0.4) is 0 Å². The summed E-state index contributed by atoms with van der Waals surface area (Å²) in [5, 5.41) is 0. The normalized spacial score (nSPS) is 16.6. The van der Waals surface area contributed by atoms with E-state index in [9.17, 15) is 14.0 Å². The van der Waals surface area contributed by atoms with Crippen molar-refractivity contribution >= 4 is 12.0 Å². The summed E-state index contributed by atoms with van der Waals surface area (Å²) in [4.78, 5) is 27.4. The second-order valence-corrected chi connectivity index (χ2v) is 7.69. The smallest absolute Gasteiger partial charge is 0.410 e. The molecular weight excluding hydrogens is 287 g/mol. The van der Waals surface area contributed by atoms with Gasteiger partial charge in [-0.2, -0.15) is 0 Å². The minimum absolute atomic E-state index is 0.132. The Hall–Kier alpha value is -1.33. The maximum absolute atomic E-state index is 12.7. The third-order valence-corrected chi connectivity index (χ3v) is 3.66. The molecule has 0 atom stereocenters. The summed E-state index contributed by atoms with van der Waals surface area (Å²) in [7, 11) is 0. The highest BCUT2D eigenvalue weighted by Crippen LogP contribution is 2.21. The average molecular weight is 316 g/mol. The molecule has 1 aliphatic rings. The summed E-state index contributed by atoms with van der Waals surface area (Å²) < 4.78 is 17.8. The predicted molar refractivity (Wildman–Crippen MR) is 83.4 cm³/mol. The van der Waals surface area contributed by atoms with Gasteiger partial charge in [-0.25, -0.2) is 9.18 Å². The summed E-state index contributed by atoms with van der Waals surface area (Å²) in [6.45, 7) is 10.6. The zero-order valence-corrected chi connectivity index (χ0v) is 14.4. The molecule has 0 N–H and O–H groups in total. The lowest BCUT2D eigenvalue weighted by atomic mass is 9.90. The number of piperazine rings is 1. The van der Waals surface area contributed by atoms with E-state index in [1.165, 1.54) is 18.7 Å². The van der Waals surface area contributed by atoms with E-state index in [1.807, 2.05) is 0 Å². The van der Waals surface area contributed by atoms with Gasteiger partial charge >= 0.3 is 6.09 Å². The van der Waals surface area contributed by atoms with E-state index in [0.29, 0.717) is 32.6 Å². The van der Waals surface area contributed by atoms with Crippen molar-refractivity contribution in [2.45, 2.75) is 53.1 Å². The van der Waals surface area contributed by atoms with Gasteiger partial charge < -0.3 is 14.5 Å². The molecule has 0 unspecified atom stereocenters. The number of halogens is 1. The number of nitrogens with zero attached hydrogens (tertiary/aromatic N) is 2. The number of hydrogen-bond donors (Lipinski definition) is 0. The first-order valence-corrected chi connectivity index (χ1v) is 7.86. The van der Waals surface area contributed by atoms with Crippen molar-refractivity contribution in [3.8, 4) is 0 Å². The Morgan fingerprint density at radius 1 is 1.00 bits per heavy atom. The highest BCUT2D eigenvalue weighted by molar-refractivity contribution is 5.76. The van der Waals surface area contributed by atoms with Crippen LogP contribution in [0.15, 0.2) is 0 Å². The van der Waals surface area contributed by atoms with E-state index in [2.05, 4.69) is 20.8 Å². The quantitative estimate of drug-likeness (QED) is 0.801. The number of ether oxygens (including phenoxy) is 1. The van der Waals surface area contributed by atoms with Crippen molar-refractivity contribution in [3.05, 3.63) is 0 Å². The first-order valence-electron chi connectivity index (χ1n) is 7.86. The fourth-order valence-electron chi connectivity index (χ4n) is 2.11. The first kappa shape index (κ1) is 18.7. The van der Waals surface area contributed by atoms with Crippen LogP contribution in [0.25, 0.3) is 0 Å². The molecule has 0 aromatic rings. The van der Waals surface area contributed by atoms with Crippen LogP contribution >= 0.6 is 0 Å². The molecule has 1 aliphatic heterocycles. The van der Waals surface area contributed by atoms with Crippen molar-refractivity contribution in [2.24, 2.45) is 5.41 Å². The number of amides is 2. The Morgan fingerprint density at radius 3 is 1.95 bits per heavy atom. The van der Waals surface area contributed by atoms with Crippen molar-refractivity contribution in [2.75, 3.05) is 32.9 Å². The van der Waals surface area contributed by atoms with E-state index >= 15 is 0 Å². The maximum atomic E-state index is 12.7. The van der Waals surface area contributed by atoms with Gasteiger partial charge in [-0.3, -0.25) is 4.79 Å². The van der Waals surface area contributed by atoms with Crippen LogP contribution in [-0.2, 0) is 9.53 Å². The fraction of sp³-hybridized carbons (Fsp3) is 0.875. The zero-order chi connectivity index (χ0) is 17.0. The van der Waals surface area contributed by atoms with E-state index < -0.39 is 18.4 Å². The second-order valence-electron chi connectivity index (χ2n) is 7.69. The molecule has 128 valence electrons. The SMILES string of the molecule is CC(C)(C)CCC(=O)N1CCN(C(=O)OC(C)(C)CF)CC1. The average Bonchev–Trinajstić information content (AvgIpc) is 2.43. The molecule has 1 saturated heterocycles. The molecule has 0 saturated carbocycles. The Labute approximate surface area is 132 Å². The molecular formula is C16H29FN2O3. The van der Waals surface area contributed by atoms with Crippen LogP contribution in [0.1, 0.15) is 47.5 Å². The minimum atomic E-state index is -1.10. The molecule has 22 heavy (non-hydrogen) atoms. The Bertz CT molecular complexity index is 397. The van der Waals surface area contributed by atoms with Crippen LogP contribution in [-0.4, -0.2) is 60.3 Å². The van der Waals surface area contributed by atoms with Gasteiger partial charge in [0.2, 0.25) is 5.91 Å². The summed E-state index contributed by atoms with van der Waals surface area (Å²) in [6, 6.07) is 0. The Kier molecular flexibility index (Phi) is 6.20. The number of rotatable bonds is 4. The Balaban J connectivity index is 2.40. The summed E-state index contributed by atoms with van der Waals surface area (Å²) in [5.74, 6) is 0.132. The summed E-state index contributed by atoms with van der Waals surface area (Å²) >= 11 is 0. The number of alkyl halides is 1. The van der Waals surface area contributed by atoms with Crippen molar-refractivity contribution in [1.29, 1.82) is 0 Å². The van der Waals surface area contributed by atoms with Crippen LogP contribution in [0.5, 0.6) is 0 Å². The van der Waals surface area contributed by atoms with E-state index in [1.54, 1.807) is 4.90 Å². The molecule has 0 spiro atoms. The van der Waals surface area contributed by atoms with Crippen LogP contribution in [0.2, 0.25) is 0 Å². The zero-order valence-electron chi connectivity index (χ0n) is 14.4. The molecule has 1 rings (SSSR count). The highest BCUT2D eigenvalue weighted by Gasteiger charge is 2.29. The van der Waals surface area contributed by atoms with Crippen molar-refractivity contribution in [3.63, 3.8) is 0 Å². The second kappa shape index (κ2) is 7.29. The van der Waals surface area contributed by atoms with E-state index in [4.69, 9.17) is 4.74 Å². The van der Waals surface area contributed by atoms with Crippen molar-refractivity contribution < 1.29 is 18.7 Å². The molecule has 1 heterocycles. The van der Waals surface area contributed by atoms with Gasteiger partial charge in [-0.05, 0) is 25.7 Å². The van der Waals surface area contributed by atoms with E-state index in [0.717, 1.165) is 6.42 Å². The highest BCUT2D eigenvalue weighted by atomic mass is 19.1. The lowest BCUT2D eigenvalue weighted by Crippen LogP contribution is -2.52. The lowest BCUT2D eigenvalue weighted by molar-refractivity contribution is -0.133. The lowest BCUT2D eigenvalue weighted by Gasteiger charge is -2.36. The minimum Gasteiger partial charge on any atom is -0.441 e. The summed E-state index contributed by atoms with van der Waals surface area (Å²) in [5.41, 5.74) is -0.962. The molecule has 1 fully saturated rings. The van der Waals surface area contributed by atoms with Gasteiger partial charge in [0.25, 0.3) is 0 Å². The van der Waals surface area contributed by atoms with Crippen LogP contribution in [0, 0.1) is 5.41 Å².